The molecule has 0 aliphatic carbocycles. The minimum absolute atomic E-state index is 0.00147. The third kappa shape index (κ3) is 6.67. The molecule has 0 bridgehead atoms. The summed E-state index contributed by atoms with van der Waals surface area (Å²) in [6, 6.07) is 0. The molecule has 10 nitrogen and oxygen atoms in total. The van der Waals surface area contributed by atoms with Crippen LogP contribution < -0.4 is 5.32 Å². The molecule has 3 rings (SSSR count). The Labute approximate surface area is 171 Å². The van der Waals surface area contributed by atoms with Crippen molar-refractivity contribution in [3.05, 3.63) is 22.5 Å². The van der Waals surface area contributed by atoms with Gasteiger partial charge in [0, 0.05) is 26.2 Å². The fourth-order valence-corrected chi connectivity index (χ4v) is 3.67. The molecule has 2 aliphatic heterocycles. The van der Waals surface area contributed by atoms with Crippen LogP contribution in [0.2, 0.25) is 0 Å². The van der Waals surface area contributed by atoms with Crippen molar-refractivity contribution in [3.63, 3.8) is 0 Å². The molecule has 1 unspecified atom stereocenters. The van der Waals surface area contributed by atoms with Gasteiger partial charge in [0.15, 0.2) is 5.96 Å². The fraction of sp³-hybridized carbons (Fsp3) is 0.789. The van der Waals surface area contributed by atoms with Gasteiger partial charge in [-0.25, -0.2) is 0 Å². The Kier molecular flexibility index (Phi) is 8.24. The lowest BCUT2D eigenvalue weighted by molar-refractivity contribution is -0.385. The van der Waals surface area contributed by atoms with Crippen molar-refractivity contribution in [2.45, 2.75) is 57.8 Å². The zero-order valence-electron chi connectivity index (χ0n) is 17.2. The van der Waals surface area contributed by atoms with E-state index in [0.717, 1.165) is 51.5 Å². The molecular weight excluding hydrogens is 376 g/mol. The van der Waals surface area contributed by atoms with Gasteiger partial charge in [0.05, 0.1) is 36.8 Å². The Balaban J connectivity index is 1.42. The normalized spacial score (nSPS) is 21.3. The molecule has 2 saturated heterocycles. The van der Waals surface area contributed by atoms with Gasteiger partial charge in [-0.1, -0.05) is 0 Å². The van der Waals surface area contributed by atoms with Crippen LogP contribution in [0.15, 0.2) is 17.4 Å². The fourth-order valence-electron chi connectivity index (χ4n) is 3.67. The van der Waals surface area contributed by atoms with E-state index in [0.29, 0.717) is 19.7 Å². The van der Waals surface area contributed by atoms with Crippen LogP contribution in [0.3, 0.4) is 0 Å². The summed E-state index contributed by atoms with van der Waals surface area (Å²) in [7, 11) is 0. The van der Waals surface area contributed by atoms with Gasteiger partial charge in [0.2, 0.25) is 0 Å². The van der Waals surface area contributed by atoms with Crippen molar-refractivity contribution in [1.82, 2.24) is 20.0 Å². The molecule has 2 aliphatic rings. The van der Waals surface area contributed by atoms with Gasteiger partial charge in [-0.3, -0.25) is 19.8 Å². The van der Waals surface area contributed by atoms with E-state index in [2.05, 4.69) is 20.3 Å². The van der Waals surface area contributed by atoms with E-state index >= 15 is 0 Å². The van der Waals surface area contributed by atoms with Gasteiger partial charge in [-0.05, 0) is 39.0 Å². The lowest BCUT2D eigenvalue weighted by atomic mass is 10.1. The Bertz CT molecular complexity index is 665. The highest BCUT2D eigenvalue weighted by Gasteiger charge is 2.23. The van der Waals surface area contributed by atoms with Crippen LogP contribution in [0, 0.1) is 10.1 Å². The van der Waals surface area contributed by atoms with Crippen molar-refractivity contribution >= 4 is 11.6 Å². The SMILES string of the molecule is CCNC(=NCCn1cc([N+](=O)[O-])cn1)N1CCC(OCC2CCCCO2)CC1. The maximum Gasteiger partial charge on any atom is 0.306 e. The summed E-state index contributed by atoms with van der Waals surface area (Å²) < 4.78 is 13.4. The molecule has 0 saturated carbocycles. The second kappa shape index (κ2) is 11.1. The number of likely N-dealkylation sites (tertiary alicyclic amines) is 1. The van der Waals surface area contributed by atoms with Crippen molar-refractivity contribution in [2.24, 2.45) is 4.99 Å². The van der Waals surface area contributed by atoms with Crippen LogP contribution in [0.1, 0.15) is 39.0 Å². The lowest BCUT2D eigenvalue weighted by Gasteiger charge is -2.35. The molecule has 3 heterocycles. The number of hydrogen-bond donors (Lipinski definition) is 1. The molecule has 162 valence electrons. The largest absolute Gasteiger partial charge is 0.376 e. The van der Waals surface area contributed by atoms with Crippen LogP contribution in [0.5, 0.6) is 0 Å². The first-order valence-corrected chi connectivity index (χ1v) is 10.6. The highest BCUT2D eigenvalue weighted by Crippen LogP contribution is 2.18. The number of hydrogen-bond acceptors (Lipinski definition) is 6. The Hall–Kier alpha value is -2.20. The molecule has 1 aromatic rings. The first-order chi connectivity index (χ1) is 14.2. The summed E-state index contributed by atoms with van der Waals surface area (Å²) in [5.41, 5.74) is 0.00147. The van der Waals surface area contributed by atoms with Crippen LogP contribution in [0.25, 0.3) is 0 Å². The van der Waals surface area contributed by atoms with Gasteiger partial charge < -0.3 is 19.7 Å². The monoisotopic (exact) mass is 408 g/mol. The molecule has 0 aromatic carbocycles. The number of aliphatic imine (C=N–C) groups is 1. The molecule has 0 radical (unpaired) electrons. The first-order valence-electron chi connectivity index (χ1n) is 10.6. The Morgan fingerprint density at radius 3 is 2.90 bits per heavy atom. The molecule has 10 heteroatoms. The summed E-state index contributed by atoms with van der Waals surface area (Å²) in [5, 5.41) is 18.1. The summed E-state index contributed by atoms with van der Waals surface area (Å²) in [6.07, 6.45) is 8.70. The standard InChI is InChI=1S/C19H32N6O4/c1-2-20-19(21-8-11-24-14-16(13-22-24)25(26)27)23-9-6-17(7-10-23)29-15-18-5-3-4-12-28-18/h13-14,17-18H,2-12,15H2,1H3,(H,20,21). The highest BCUT2D eigenvalue weighted by molar-refractivity contribution is 5.80. The smallest absolute Gasteiger partial charge is 0.306 e. The van der Waals surface area contributed by atoms with Crippen molar-refractivity contribution in [1.29, 1.82) is 0 Å². The van der Waals surface area contributed by atoms with Gasteiger partial charge in [0.1, 0.15) is 12.4 Å². The van der Waals surface area contributed by atoms with Gasteiger partial charge in [0.25, 0.3) is 0 Å². The van der Waals surface area contributed by atoms with E-state index in [-0.39, 0.29) is 17.9 Å². The van der Waals surface area contributed by atoms with Crippen molar-refractivity contribution in [3.8, 4) is 0 Å². The molecule has 29 heavy (non-hydrogen) atoms. The van der Waals surface area contributed by atoms with Gasteiger partial charge in [-0.2, -0.15) is 5.10 Å². The summed E-state index contributed by atoms with van der Waals surface area (Å²) in [5.74, 6) is 0.878. The van der Waals surface area contributed by atoms with Crippen LogP contribution in [-0.2, 0) is 16.0 Å². The maximum absolute atomic E-state index is 10.7. The first kappa shape index (κ1) is 21.5. The van der Waals surface area contributed by atoms with E-state index in [1.54, 1.807) is 4.68 Å². The van der Waals surface area contributed by atoms with Crippen molar-refractivity contribution < 1.29 is 14.4 Å². The van der Waals surface area contributed by atoms with Crippen molar-refractivity contribution in [2.75, 3.05) is 39.4 Å². The molecule has 0 spiro atoms. The minimum Gasteiger partial charge on any atom is -0.376 e. The molecule has 1 aromatic heterocycles. The van der Waals surface area contributed by atoms with Crippen LogP contribution in [0.4, 0.5) is 5.69 Å². The number of guanidine groups is 1. The number of ether oxygens (including phenoxy) is 2. The number of nitrogens with zero attached hydrogens (tertiary/aromatic N) is 5. The number of nitrogens with one attached hydrogen (secondary N) is 1. The van der Waals surface area contributed by atoms with Gasteiger partial charge >= 0.3 is 5.69 Å². The lowest BCUT2D eigenvalue weighted by Crippen LogP contribution is -2.47. The topological polar surface area (TPSA) is 107 Å². The number of piperidine rings is 1. The molecule has 2 fully saturated rings. The zero-order valence-corrected chi connectivity index (χ0v) is 17.2. The van der Waals surface area contributed by atoms with E-state index in [1.165, 1.54) is 25.2 Å². The summed E-state index contributed by atoms with van der Waals surface area (Å²) >= 11 is 0. The van der Waals surface area contributed by atoms with Crippen LogP contribution >= 0.6 is 0 Å². The molecule has 1 atom stereocenters. The highest BCUT2D eigenvalue weighted by atomic mass is 16.6. The Morgan fingerprint density at radius 1 is 1.41 bits per heavy atom. The zero-order chi connectivity index (χ0) is 20.5. The Morgan fingerprint density at radius 2 is 2.24 bits per heavy atom. The second-order valence-corrected chi connectivity index (χ2v) is 7.46. The van der Waals surface area contributed by atoms with E-state index < -0.39 is 4.92 Å². The molecule has 0 amide bonds. The predicted molar refractivity (Wildman–Crippen MR) is 109 cm³/mol. The summed E-state index contributed by atoms with van der Waals surface area (Å²) in [6.45, 7) is 7.22. The number of aromatic nitrogens is 2. The van der Waals surface area contributed by atoms with Gasteiger partial charge in [-0.15, -0.1) is 0 Å². The third-order valence-electron chi connectivity index (χ3n) is 5.29. The summed E-state index contributed by atoms with van der Waals surface area (Å²) in [4.78, 5) is 17.2. The average Bonchev–Trinajstić information content (AvgIpc) is 3.22. The minimum atomic E-state index is -0.441. The molecular formula is C19H32N6O4. The predicted octanol–water partition coefficient (Wildman–Crippen LogP) is 1.81. The number of nitro groups is 1. The molecule has 1 N–H and O–H groups in total. The second-order valence-electron chi connectivity index (χ2n) is 7.46. The van der Waals surface area contributed by atoms with E-state index in [9.17, 15) is 10.1 Å². The third-order valence-corrected chi connectivity index (χ3v) is 5.29. The van der Waals surface area contributed by atoms with Crippen LogP contribution in [-0.4, -0.2) is 77.2 Å². The quantitative estimate of drug-likeness (QED) is 0.302. The number of rotatable bonds is 8. The van der Waals surface area contributed by atoms with E-state index in [4.69, 9.17) is 9.47 Å². The average molecular weight is 409 g/mol. The van der Waals surface area contributed by atoms with E-state index in [1.807, 2.05) is 6.92 Å². The maximum atomic E-state index is 10.7.